The molecule has 1 heterocycles. The van der Waals surface area contributed by atoms with Gasteiger partial charge in [0, 0.05) is 18.7 Å². The van der Waals surface area contributed by atoms with Crippen LogP contribution in [0, 0.1) is 20.8 Å². The Bertz CT molecular complexity index is 554. The summed E-state index contributed by atoms with van der Waals surface area (Å²) in [5, 5.41) is 14.6. The minimum Gasteiger partial charge on any atom is -0.479 e. The third-order valence-electron chi connectivity index (χ3n) is 3.70. The Morgan fingerprint density at radius 1 is 1.24 bits per heavy atom. The van der Waals surface area contributed by atoms with Crippen molar-refractivity contribution in [2.75, 3.05) is 18.5 Å². The molecule has 2 rings (SSSR count). The molecule has 1 aromatic carbocycles. The standard InChI is InChI=1S/C15H20N2O4/c1-9-6-10(2)12(11(3)7-9)16-14(20)17-15(13(18)19)4-5-21-8-15/h6-7H,4-5,8H2,1-3H3,(H,18,19)(H2,16,17,20). The second-order valence-electron chi connectivity index (χ2n) is 5.54. The number of hydrogen-bond acceptors (Lipinski definition) is 3. The quantitative estimate of drug-likeness (QED) is 0.795. The van der Waals surface area contributed by atoms with Gasteiger partial charge in [0.1, 0.15) is 0 Å². The first-order valence-electron chi connectivity index (χ1n) is 6.82. The number of urea groups is 1. The van der Waals surface area contributed by atoms with Crippen LogP contribution in [0.25, 0.3) is 0 Å². The van der Waals surface area contributed by atoms with E-state index in [-0.39, 0.29) is 13.0 Å². The molecule has 1 saturated heterocycles. The van der Waals surface area contributed by atoms with Gasteiger partial charge in [0.25, 0.3) is 0 Å². The fraction of sp³-hybridized carbons (Fsp3) is 0.467. The van der Waals surface area contributed by atoms with Crippen LogP contribution in [0.4, 0.5) is 10.5 Å². The van der Waals surface area contributed by atoms with E-state index in [0.29, 0.717) is 12.3 Å². The summed E-state index contributed by atoms with van der Waals surface area (Å²) in [7, 11) is 0. The van der Waals surface area contributed by atoms with Gasteiger partial charge in [-0.15, -0.1) is 0 Å². The zero-order valence-corrected chi connectivity index (χ0v) is 12.4. The Morgan fingerprint density at radius 3 is 2.33 bits per heavy atom. The van der Waals surface area contributed by atoms with Crippen LogP contribution in [0.1, 0.15) is 23.1 Å². The molecule has 0 bridgehead atoms. The SMILES string of the molecule is Cc1cc(C)c(NC(=O)NC2(C(=O)O)CCOC2)c(C)c1. The Labute approximate surface area is 123 Å². The summed E-state index contributed by atoms with van der Waals surface area (Å²) in [6.07, 6.45) is 0.265. The van der Waals surface area contributed by atoms with E-state index in [1.54, 1.807) is 0 Å². The first kappa shape index (κ1) is 15.3. The summed E-state index contributed by atoms with van der Waals surface area (Å²) in [5.41, 5.74) is 2.36. The lowest BCUT2D eigenvalue weighted by Gasteiger charge is -2.24. The van der Waals surface area contributed by atoms with E-state index >= 15 is 0 Å². The van der Waals surface area contributed by atoms with Crippen LogP contribution in [0.3, 0.4) is 0 Å². The van der Waals surface area contributed by atoms with Crippen LogP contribution >= 0.6 is 0 Å². The van der Waals surface area contributed by atoms with Crippen LogP contribution in [0.2, 0.25) is 0 Å². The molecule has 1 atom stereocenters. The zero-order valence-electron chi connectivity index (χ0n) is 12.4. The smallest absolute Gasteiger partial charge is 0.332 e. The minimum atomic E-state index is -1.34. The number of hydrogen-bond donors (Lipinski definition) is 3. The van der Waals surface area contributed by atoms with E-state index in [9.17, 15) is 14.7 Å². The molecule has 1 unspecified atom stereocenters. The Kier molecular flexibility index (Phi) is 4.18. The number of carbonyl (C=O) groups is 2. The summed E-state index contributed by atoms with van der Waals surface area (Å²) in [4.78, 5) is 23.5. The number of carboxylic acid groups (broad SMARTS) is 1. The second kappa shape index (κ2) is 5.73. The molecule has 21 heavy (non-hydrogen) atoms. The number of nitrogens with one attached hydrogen (secondary N) is 2. The zero-order chi connectivity index (χ0) is 15.6. The summed E-state index contributed by atoms with van der Waals surface area (Å²) in [5.74, 6) is -1.08. The minimum absolute atomic E-state index is 0.0123. The summed E-state index contributed by atoms with van der Waals surface area (Å²) >= 11 is 0. The maximum atomic E-state index is 12.1. The normalized spacial score (nSPS) is 21.1. The molecule has 3 N–H and O–H groups in total. The molecule has 6 heteroatoms. The van der Waals surface area contributed by atoms with Gasteiger partial charge in [-0.05, 0) is 31.9 Å². The molecule has 0 aromatic heterocycles. The number of anilines is 1. The van der Waals surface area contributed by atoms with Gasteiger partial charge < -0.3 is 20.5 Å². The maximum absolute atomic E-state index is 12.1. The van der Waals surface area contributed by atoms with E-state index in [2.05, 4.69) is 10.6 Å². The van der Waals surface area contributed by atoms with Gasteiger partial charge in [0.15, 0.2) is 5.54 Å². The van der Waals surface area contributed by atoms with Crippen molar-refractivity contribution < 1.29 is 19.4 Å². The Morgan fingerprint density at radius 2 is 1.86 bits per heavy atom. The topological polar surface area (TPSA) is 87.7 Å². The van der Waals surface area contributed by atoms with Gasteiger partial charge in [-0.1, -0.05) is 17.7 Å². The van der Waals surface area contributed by atoms with Gasteiger partial charge in [0.2, 0.25) is 0 Å². The molecule has 2 amide bonds. The van der Waals surface area contributed by atoms with Crippen molar-refractivity contribution in [3.63, 3.8) is 0 Å². The second-order valence-corrected chi connectivity index (χ2v) is 5.54. The molecule has 0 aliphatic carbocycles. The molecular formula is C15H20N2O4. The summed E-state index contributed by atoms with van der Waals surface area (Å²) in [6.45, 7) is 6.11. The fourth-order valence-electron chi connectivity index (χ4n) is 2.62. The molecule has 0 spiro atoms. The van der Waals surface area contributed by atoms with Gasteiger partial charge >= 0.3 is 12.0 Å². The lowest BCUT2D eigenvalue weighted by molar-refractivity contribution is -0.144. The lowest BCUT2D eigenvalue weighted by Crippen LogP contribution is -2.56. The largest absolute Gasteiger partial charge is 0.479 e. The van der Waals surface area contributed by atoms with E-state index in [1.165, 1.54) is 0 Å². The number of carboxylic acids is 1. The molecule has 6 nitrogen and oxygen atoms in total. The van der Waals surface area contributed by atoms with E-state index < -0.39 is 17.5 Å². The molecule has 1 fully saturated rings. The Hall–Kier alpha value is -2.08. The summed E-state index contributed by atoms with van der Waals surface area (Å²) in [6, 6.07) is 3.40. The van der Waals surface area contributed by atoms with Crippen molar-refractivity contribution in [2.45, 2.75) is 32.7 Å². The van der Waals surface area contributed by atoms with Crippen LogP contribution in [0.5, 0.6) is 0 Å². The Balaban J connectivity index is 2.14. The van der Waals surface area contributed by atoms with Gasteiger partial charge in [-0.3, -0.25) is 0 Å². The predicted molar refractivity (Wildman–Crippen MR) is 78.6 cm³/mol. The molecule has 1 aliphatic heterocycles. The van der Waals surface area contributed by atoms with Crippen molar-refractivity contribution in [3.8, 4) is 0 Å². The number of aliphatic carboxylic acids is 1. The monoisotopic (exact) mass is 292 g/mol. The number of benzene rings is 1. The molecule has 1 aliphatic rings. The van der Waals surface area contributed by atoms with Crippen molar-refractivity contribution in [2.24, 2.45) is 0 Å². The highest BCUT2D eigenvalue weighted by molar-refractivity contribution is 5.95. The highest BCUT2D eigenvalue weighted by Crippen LogP contribution is 2.23. The highest BCUT2D eigenvalue weighted by Gasteiger charge is 2.44. The van der Waals surface area contributed by atoms with Crippen molar-refractivity contribution >= 4 is 17.7 Å². The van der Waals surface area contributed by atoms with E-state index in [4.69, 9.17) is 4.74 Å². The van der Waals surface area contributed by atoms with Crippen LogP contribution in [-0.4, -0.2) is 35.9 Å². The van der Waals surface area contributed by atoms with Crippen LogP contribution < -0.4 is 10.6 Å². The van der Waals surface area contributed by atoms with Crippen molar-refractivity contribution in [1.29, 1.82) is 0 Å². The van der Waals surface area contributed by atoms with Gasteiger partial charge in [-0.2, -0.15) is 0 Å². The maximum Gasteiger partial charge on any atom is 0.332 e. The first-order chi connectivity index (χ1) is 9.84. The van der Waals surface area contributed by atoms with E-state index in [0.717, 1.165) is 16.7 Å². The van der Waals surface area contributed by atoms with Crippen molar-refractivity contribution in [1.82, 2.24) is 5.32 Å². The molecule has 114 valence electrons. The molecule has 1 aromatic rings. The van der Waals surface area contributed by atoms with Crippen LogP contribution in [-0.2, 0) is 9.53 Å². The predicted octanol–water partition coefficient (Wildman–Crippen LogP) is 1.98. The third-order valence-corrected chi connectivity index (χ3v) is 3.70. The number of carbonyl (C=O) groups excluding carboxylic acids is 1. The van der Waals surface area contributed by atoms with E-state index in [1.807, 2.05) is 32.9 Å². The molecule has 0 radical (unpaired) electrons. The number of ether oxygens (including phenoxy) is 1. The third kappa shape index (κ3) is 3.16. The number of amides is 2. The average Bonchev–Trinajstić information content (AvgIpc) is 2.83. The number of aryl methyl sites for hydroxylation is 3. The van der Waals surface area contributed by atoms with Crippen molar-refractivity contribution in [3.05, 3.63) is 28.8 Å². The number of rotatable bonds is 3. The lowest BCUT2D eigenvalue weighted by atomic mass is 9.99. The average molecular weight is 292 g/mol. The first-order valence-corrected chi connectivity index (χ1v) is 6.82. The summed E-state index contributed by atoms with van der Waals surface area (Å²) < 4.78 is 5.11. The fourth-order valence-corrected chi connectivity index (χ4v) is 2.62. The van der Waals surface area contributed by atoms with Gasteiger partial charge in [-0.25, -0.2) is 9.59 Å². The molecule has 0 saturated carbocycles. The molecular weight excluding hydrogens is 272 g/mol. The van der Waals surface area contributed by atoms with Gasteiger partial charge in [0.05, 0.1) is 6.61 Å². The highest BCUT2D eigenvalue weighted by atomic mass is 16.5. The van der Waals surface area contributed by atoms with Crippen LogP contribution in [0.15, 0.2) is 12.1 Å².